The smallest absolute Gasteiger partial charge is 0.295 e. The van der Waals surface area contributed by atoms with Crippen molar-refractivity contribution in [1.29, 1.82) is 0 Å². The van der Waals surface area contributed by atoms with Crippen molar-refractivity contribution in [3.05, 3.63) is 74.2 Å². The van der Waals surface area contributed by atoms with Gasteiger partial charge in [0.25, 0.3) is 17.2 Å². The van der Waals surface area contributed by atoms with Gasteiger partial charge in [-0.15, -0.1) is 0 Å². The van der Waals surface area contributed by atoms with E-state index in [0.29, 0.717) is 11.0 Å². The van der Waals surface area contributed by atoms with Gasteiger partial charge in [-0.3, -0.25) is 19.7 Å². The van der Waals surface area contributed by atoms with Crippen molar-refractivity contribution in [1.82, 2.24) is 15.4 Å². The summed E-state index contributed by atoms with van der Waals surface area (Å²) in [6.45, 7) is 0. The lowest BCUT2D eigenvalue weighted by molar-refractivity contribution is -0.385. The van der Waals surface area contributed by atoms with Crippen LogP contribution in [0.2, 0.25) is 0 Å². The summed E-state index contributed by atoms with van der Waals surface area (Å²) < 4.78 is 0. The summed E-state index contributed by atoms with van der Waals surface area (Å²) in [6.07, 6.45) is 1.03. The molecule has 3 N–H and O–H groups in total. The fraction of sp³-hybridized carbons (Fsp3) is 0. The van der Waals surface area contributed by atoms with Gasteiger partial charge in [0, 0.05) is 0 Å². The predicted octanol–water partition coefficient (Wildman–Crippen LogP) is 1.30. The molecule has 1 aromatic heterocycles. The highest BCUT2D eigenvalue weighted by atomic mass is 16.6. The van der Waals surface area contributed by atoms with Crippen molar-refractivity contribution < 1.29 is 14.8 Å². The molecule has 1 heterocycles. The molecule has 3 aromatic rings. The number of amides is 1. The van der Waals surface area contributed by atoms with E-state index in [1.54, 1.807) is 24.3 Å². The summed E-state index contributed by atoms with van der Waals surface area (Å²) in [5.41, 5.74) is 1.61. The number of phenolic OH excluding ortho intramolecular Hbond substituents is 1. The van der Waals surface area contributed by atoms with E-state index in [-0.39, 0.29) is 22.7 Å². The van der Waals surface area contributed by atoms with Gasteiger partial charge < -0.3 is 10.1 Å². The van der Waals surface area contributed by atoms with Crippen molar-refractivity contribution in [2.45, 2.75) is 0 Å². The number of nitro benzene ring substituents is 1. The number of benzene rings is 2. The fourth-order valence-electron chi connectivity index (χ4n) is 2.20. The zero-order valence-corrected chi connectivity index (χ0v) is 13.0. The van der Waals surface area contributed by atoms with E-state index in [9.17, 15) is 24.8 Å². The third-order valence-electron chi connectivity index (χ3n) is 3.40. The van der Waals surface area contributed by atoms with E-state index < -0.39 is 16.4 Å². The van der Waals surface area contributed by atoms with Crippen LogP contribution >= 0.6 is 0 Å². The van der Waals surface area contributed by atoms with Crippen molar-refractivity contribution in [2.24, 2.45) is 5.10 Å². The number of nitrogens with one attached hydrogen (secondary N) is 2. The van der Waals surface area contributed by atoms with Gasteiger partial charge in [0.05, 0.1) is 33.8 Å². The number of rotatable bonds is 4. The van der Waals surface area contributed by atoms with E-state index in [0.717, 1.165) is 12.3 Å². The van der Waals surface area contributed by atoms with Gasteiger partial charge in [0.2, 0.25) is 0 Å². The molecular formula is C16H11N5O5. The Hall–Kier alpha value is -4.08. The van der Waals surface area contributed by atoms with Crippen LogP contribution in [0.3, 0.4) is 0 Å². The monoisotopic (exact) mass is 353 g/mol. The van der Waals surface area contributed by atoms with Crippen molar-refractivity contribution >= 4 is 28.8 Å². The molecule has 0 aliphatic carbocycles. The minimum atomic E-state index is -0.866. The molecule has 3 rings (SSSR count). The highest BCUT2D eigenvalue weighted by Gasteiger charge is 2.15. The number of carbonyl (C=O) groups excluding carboxylic acids is 1. The largest absolute Gasteiger partial charge is 0.508 e. The third kappa shape index (κ3) is 3.38. The molecule has 0 atom stereocenters. The number of hydrogen-bond donors (Lipinski definition) is 3. The van der Waals surface area contributed by atoms with Crippen molar-refractivity contribution in [3.8, 4) is 5.75 Å². The number of aromatic amines is 1. The molecule has 0 fully saturated rings. The molecule has 10 heteroatoms. The van der Waals surface area contributed by atoms with Gasteiger partial charge in [-0.2, -0.15) is 5.10 Å². The second-order valence-electron chi connectivity index (χ2n) is 5.13. The lowest BCUT2D eigenvalue weighted by Gasteiger charge is -2.01. The Kier molecular flexibility index (Phi) is 4.39. The normalized spacial score (nSPS) is 10.9. The summed E-state index contributed by atoms with van der Waals surface area (Å²) in [7, 11) is 0. The lowest BCUT2D eigenvalue weighted by atomic mass is 10.2. The average molecular weight is 353 g/mol. The molecular weight excluding hydrogens is 342 g/mol. The molecule has 130 valence electrons. The fourth-order valence-corrected chi connectivity index (χ4v) is 2.20. The van der Waals surface area contributed by atoms with E-state index in [2.05, 4.69) is 20.5 Å². The number of nitro groups is 1. The Morgan fingerprint density at radius 2 is 2.08 bits per heavy atom. The lowest BCUT2D eigenvalue weighted by Crippen LogP contribution is -2.28. The number of phenols is 1. The second kappa shape index (κ2) is 6.81. The molecule has 0 aliphatic rings. The van der Waals surface area contributed by atoms with Crippen LogP contribution in [0.25, 0.3) is 11.0 Å². The van der Waals surface area contributed by atoms with Crippen LogP contribution in [0.15, 0.2) is 52.4 Å². The number of hydrazone groups is 1. The first-order valence-corrected chi connectivity index (χ1v) is 7.25. The van der Waals surface area contributed by atoms with E-state index in [4.69, 9.17) is 0 Å². The Morgan fingerprint density at radius 1 is 1.31 bits per heavy atom. The number of aromatic hydroxyl groups is 1. The Balaban J connectivity index is 1.83. The predicted molar refractivity (Wildman–Crippen MR) is 92.2 cm³/mol. The molecule has 0 saturated heterocycles. The third-order valence-corrected chi connectivity index (χ3v) is 3.40. The van der Waals surface area contributed by atoms with E-state index >= 15 is 0 Å². The second-order valence-corrected chi connectivity index (χ2v) is 5.13. The molecule has 2 aromatic carbocycles. The molecule has 0 aliphatic heterocycles. The first-order valence-electron chi connectivity index (χ1n) is 7.25. The van der Waals surface area contributed by atoms with Gasteiger partial charge in [-0.25, -0.2) is 10.4 Å². The van der Waals surface area contributed by atoms with Crippen LogP contribution in [0.1, 0.15) is 16.1 Å². The topological polar surface area (TPSA) is 151 Å². The van der Waals surface area contributed by atoms with Crippen molar-refractivity contribution in [2.75, 3.05) is 0 Å². The summed E-state index contributed by atoms with van der Waals surface area (Å²) in [6, 6.07) is 10.2. The molecule has 0 radical (unpaired) electrons. The van der Waals surface area contributed by atoms with Crippen LogP contribution < -0.4 is 11.0 Å². The molecule has 26 heavy (non-hydrogen) atoms. The number of nitrogens with zero attached hydrogens (tertiary/aromatic N) is 3. The van der Waals surface area contributed by atoms with E-state index in [1.807, 2.05) is 0 Å². The minimum Gasteiger partial charge on any atom is -0.508 e. The standard InChI is InChI=1S/C16H11N5O5/c22-10-6-5-9(13(7-10)21(25)26)8-17-20-16(24)14-15(23)19-12-4-2-1-3-11(12)18-14/h1-8,22H,(H,19,23)(H,20,24)/b17-8-. The Morgan fingerprint density at radius 3 is 2.85 bits per heavy atom. The Labute approximate surface area is 145 Å². The number of hydrogen-bond acceptors (Lipinski definition) is 7. The van der Waals surface area contributed by atoms with Crippen LogP contribution in [0.5, 0.6) is 5.75 Å². The molecule has 0 spiro atoms. The summed E-state index contributed by atoms with van der Waals surface area (Å²) in [4.78, 5) is 40.8. The van der Waals surface area contributed by atoms with Crippen molar-refractivity contribution in [3.63, 3.8) is 0 Å². The van der Waals surface area contributed by atoms with Crippen LogP contribution in [0.4, 0.5) is 5.69 Å². The highest BCUT2D eigenvalue weighted by molar-refractivity contribution is 5.94. The van der Waals surface area contributed by atoms with Gasteiger partial charge in [-0.05, 0) is 24.3 Å². The first-order chi connectivity index (χ1) is 12.5. The summed E-state index contributed by atoms with van der Waals surface area (Å²) >= 11 is 0. The number of fused-ring (bicyclic) bond motifs is 1. The Bertz CT molecular complexity index is 1110. The van der Waals surface area contributed by atoms with Gasteiger partial charge in [0.15, 0.2) is 5.69 Å². The quantitative estimate of drug-likeness (QED) is 0.365. The minimum absolute atomic E-state index is 0.0634. The molecule has 0 bridgehead atoms. The number of H-pyrrole nitrogens is 1. The van der Waals surface area contributed by atoms with Crippen LogP contribution in [-0.4, -0.2) is 32.1 Å². The molecule has 10 nitrogen and oxygen atoms in total. The molecule has 0 saturated carbocycles. The maximum Gasteiger partial charge on any atom is 0.295 e. The number of para-hydroxylation sites is 2. The summed E-state index contributed by atoms with van der Waals surface area (Å²) in [5.74, 6) is -1.14. The molecule has 0 unspecified atom stereocenters. The van der Waals surface area contributed by atoms with Crippen LogP contribution in [-0.2, 0) is 0 Å². The zero-order chi connectivity index (χ0) is 18.7. The summed E-state index contributed by atoms with van der Waals surface area (Å²) in [5, 5.41) is 23.9. The average Bonchev–Trinajstić information content (AvgIpc) is 2.62. The molecule has 1 amide bonds. The van der Waals surface area contributed by atoms with Gasteiger partial charge >= 0.3 is 0 Å². The van der Waals surface area contributed by atoms with Gasteiger partial charge in [-0.1, -0.05) is 12.1 Å². The van der Waals surface area contributed by atoms with Gasteiger partial charge in [0.1, 0.15) is 5.75 Å². The maximum absolute atomic E-state index is 12.1. The first kappa shape index (κ1) is 16.8. The zero-order valence-electron chi connectivity index (χ0n) is 13.0. The van der Waals surface area contributed by atoms with E-state index in [1.165, 1.54) is 12.1 Å². The maximum atomic E-state index is 12.1. The van der Waals surface area contributed by atoms with Crippen LogP contribution in [0, 0.1) is 10.1 Å². The number of aromatic nitrogens is 2. The number of carbonyl (C=O) groups is 1. The SMILES string of the molecule is O=C(N/N=C\c1ccc(O)cc1[N+](=O)[O-])c1nc2ccccc2[nH]c1=O. The highest BCUT2D eigenvalue weighted by Crippen LogP contribution is 2.22.